The number of nitrogens with zero attached hydrogens (tertiary/aromatic N) is 1. The minimum Gasteiger partial charge on any atom is -0.396 e. The van der Waals surface area contributed by atoms with Gasteiger partial charge in [0.05, 0.1) is 16.9 Å². The van der Waals surface area contributed by atoms with Gasteiger partial charge < -0.3 is 5.73 Å². The van der Waals surface area contributed by atoms with Crippen molar-refractivity contribution in [3.8, 4) is 0 Å². The van der Waals surface area contributed by atoms with E-state index in [1.807, 2.05) is 0 Å². The Kier molecular flexibility index (Phi) is 1.81. The number of hydrogen-bond donors (Lipinski definition) is 1. The summed E-state index contributed by atoms with van der Waals surface area (Å²) in [6, 6.07) is 4.59. The van der Waals surface area contributed by atoms with Crippen LogP contribution in [0.4, 0.5) is 10.1 Å². The molecule has 2 nitrogen and oxygen atoms in total. The van der Waals surface area contributed by atoms with Crippen molar-refractivity contribution in [1.82, 2.24) is 4.98 Å². The molecule has 4 heteroatoms. The highest BCUT2D eigenvalue weighted by molar-refractivity contribution is 6.37. The fourth-order valence-corrected chi connectivity index (χ4v) is 1.37. The van der Waals surface area contributed by atoms with Gasteiger partial charge in [0.2, 0.25) is 0 Å². The summed E-state index contributed by atoms with van der Waals surface area (Å²) >= 11 is 5.87. The van der Waals surface area contributed by atoms with E-state index in [2.05, 4.69) is 4.98 Å². The first-order chi connectivity index (χ1) is 6.20. The lowest BCUT2D eigenvalue weighted by atomic mass is 10.2. The molecule has 0 saturated heterocycles. The molecule has 0 spiro atoms. The molecule has 66 valence electrons. The van der Waals surface area contributed by atoms with E-state index < -0.39 is 0 Å². The molecule has 0 radical (unpaired) electrons. The SMILES string of the molecule is Nc1cnc2c(F)cccc2c1Cl. The summed E-state index contributed by atoms with van der Waals surface area (Å²) in [5.74, 6) is -0.389. The van der Waals surface area contributed by atoms with Crippen LogP contribution in [0, 0.1) is 5.82 Å². The van der Waals surface area contributed by atoms with Crippen LogP contribution in [0.15, 0.2) is 24.4 Å². The summed E-state index contributed by atoms with van der Waals surface area (Å²) in [5.41, 5.74) is 6.13. The molecule has 1 heterocycles. The average Bonchev–Trinajstić information content (AvgIpc) is 2.12. The topological polar surface area (TPSA) is 38.9 Å². The van der Waals surface area contributed by atoms with E-state index >= 15 is 0 Å². The number of nitrogen functional groups attached to an aromatic ring is 1. The molecule has 0 unspecified atom stereocenters. The fourth-order valence-electron chi connectivity index (χ4n) is 1.17. The maximum Gasteiger partial charge on any atom is 0.149 e. The second-order valence-corrected chi connectivity index (χ2v) is 3.04. The van der Waals surface area contributed by atoms with Crippen LogP contribution in [0.1, 0.15) is 0 Å². The highest BCUT2D eigenvalue weighted by Gasteiger charge is 2.06. The van der Waals surface area contributed by atoms with Gasteiger partial charge in [-0.15, -0.1) is 0 Å². The number of pyridine rings is 1. The van der Waals surface area contributed by atoms with E-state index in [1.54, 1.807) is 12.1 Å². The number of fused-ring (bicyclic) bond motifs is 1. The number of nitrogens with two attached hydrogens (primary N) is 1. The second-order valence-electron chi connectivity index (χ2n) is 2.66. The molecule has 1 aromatic carbocycles. The number of rotatable bonds is 0. The molecule has 0 atom stereocenters. The van der Waals surface area contributed by atoms with Crippen LogP contribution in [0.25, 0.3) is 10.9 Å². The Labute approximate surface area is 79.1 Å². The highest BCUT2D eigenvalue weighted by atomic mass is 35.5. The summed E-state index contributed by atoms with van der Waals surface area (Å²) < 4.78 is 13.1. The summed E-state index contributed by atoms with van der Waals surface area (Å²) in [7, 11) is 0. The van der Waals surface area contributed by atoms with E-state index in [4.69, 9.17) is 17.3 Å². The summed E-state index contributed by atoms with van der Waals surface area (Å²) in [6.07, 6.45) is 1.35. The van der Waals surface area contributed by atoms with E-state index in [0.29, 0.717) is 16.1 Å². The fraction of sp³-hybridized carbons (Fsp3) is 0. The van der Waals surface area contributed by atoms with Gasteiger partial charge >= 0.3 is 0 Å². The first-order valence-corrected chi connectivity index (χ1v) is 4.06. The van der Waals surface area contributed by atoms with Gasteiger partial charge in [0, 0.05) is 5.39 Å². The molecule has 2 aromatic rings. The minimum absolute atomic E-state index is 0.252. The van der Waals surface area contributed by atoms with Crippen molar-refractivity contribution in [3.63, 3.8) is 0 Å². The van der Waals surface area contributed by atoms with Crippen LogP contribution in [-0.4, -0.2) is 4.98 Å². The predicted molar refractivity (Wildman–Crippen MR) is 51.1 cm³/mol. The number of benzene rings is 1. The number of anilines is 1. The van der Waals surface area contributed by atoms with E-state index in [-0.39, 0.29) is 11.3 Å². The van der Waals surface area contributed by atoms with Gasteiger partial charge in [-0.25, -0.2) is 4.39 Å². The monoisotopic (exact) mass is 196 g/mol. The van der Waals surface area contributed by atoms with Crippen molar-refractivity contribution >= 4 is 28.2 Å². The molecule has 2 rings (SSSR count). The van der Waals surface area contributed by atoms with Gasteiger partial charge in [0.15, 0.2) is 0 Å². The van der Waals surface area contributed by atoms with Crippen molar-refractivity contribution in [3.05, 3.63) is 35.2 Å². The molecule has 13 heavy (non-hydrogen) atoms. The molecule has 0 aliphatic rings. The second kappa shape index (κ2) is 2.85. The first-order valence-electron chi connectivity index (χ1n) is 3.68. The lowest BCUT2D eigenvalue weighted by molar-refractivity contribution is 0.637. The van der Waals surface area contributed by atoms with E-state index in [1.165, 1.54) is 12.3 Å². The summed E-state index contributed by atoms with van der Waals surface area (Å²) in [4.78, 5) is 3.86. The summed E-state index contributed by atoms with van der Waals surface area (Å²) in [6.45, 7) is 0. The molecule has 1 aromatic heterocycles. The third-order valence-corrected chi connectivity index (χ3v) is 2.23. The zero-order valence-electron chi connectivity index (χ0n) is 6.59. The number of aromatic nitrogens is 1. The zero-order valence-corrected chi connectivity index (χ0v) is 7.35. The molecule has 0 saturated carbocycles. The van der Waals surface area contributed by atoms with E-state index in [9.17, 15) is 4.39 Å². The largest absolute Gasteiger partial charge is 0.396 e. The highest BCUT2D eigenvalue weighted by Crippen LogP contribution is 2.28. The summed E-state index contributed by atoms with van der Waals surface area (Å²) in [5, 5.41) is 0.895. The van der Waals surface area contributed by atoms with Crippen LogP contribution >= 0.6 is 11.6 Å². The minimum atomic E-state index is -0.389. The number of halogens is 2. The Morgan fingerprint density at radius 3 is 2.92 bits per heavy atom. The van der Waals surface area contributed by atoms with Crippen molar-refractivity contribution in [2.24, 2.45) is 0 Å². The normalized spacial score (nSPS) is 10.6. The Bertz CT molecular complexity index is 470. The van der Waals surface area contributed by atoms with Gasteiger partial charge in [0.1, 0.15) is 11.3 Å². The Hall–Kier alpha value is -1.35. The van der Waals surface area contributed by atoms with Crippen LogP contribution in [-0.2, 0) is 0 Å². The lowest BCUT2D eigenvalue weighted by Crippen LogP contribution is -1.91. The maximum atomic E-state index is 13.1. The molecular weight excluding hydrogens is 191 g/mol. The van der Waals surface area contributed by atoms with Crippen LogP contribution in [0.2, 0.25) is 5.02 Å². The molecule has 0 aliphatic carbocycles. The van der Waals surface area contributed by atoms with Gasteiger partial charge in [0.25, 0.3) is 0 Å². The van der Waals surface area contributed by atoms with E-state index in [0.717, 1.165) is 0 Å². The third-order valence-electron chi connectivity index (χ3n) is 1.81. The lowest BCUT2D eigenvalue weighted by Gasteiger charge is -2.02. The number of hydrogen-bond acceptors (Lipinski definition) is 2. The zero-order chi connectivity index (χ0) is 9.42. The molecule has 2 N–H and O–H groups in total. The van der Waals surface area contributed by atoms with Crippen LogP contribution < -0.4 is 5.73 Å². The van der Waals surface area contributed by atoms with Gasteiger partial charge in [-0.05, 0) is 6.07 Å². The Morgan fingerprint density at radius 2 is 2.15 bits per heavy atom. The number of para-hydroxylation sites is 1. The van der Waals surface area contributed by atoms with Crippen LogP contribution in [0.5, 0.6) is 0 Å². The smallest absolute Gasteiger partial charge is 0.149 e. The van der Waals surface area contributed by atoms with Crippen LogP contribution in [0.3, 0.4) is 0 Å². The van der Waals surface area contributed by atoms with Crippen molar-refractivity contribution in [2.45, 2.75) is 0 Å². The maximum absolute atomic E-state index is 13.1. The molecular formula is C9H6ClFN2. The Morgan fingerprint density at radius 1 is 1.38 bits per heavy atom. The average molecular weight is 197 g/mol. The van der Waals surface area contributed by atoms with Gasteiger partial charge in [-0.2, -0.15) is 0 Å². The molecule has 0 fully saturated rings. The van der Waals surface area contributed by atoms with Crippen molar-refractivity contribution < 1.29 is 4.39 Å². The van der Waals surface area contributed by atoms with Crippen molar-refractivity contribution in [2.75, 3.05) is 5.73 Å². The molecule has 0 aliphatic heterocycles. The predicted octanol–water partition coefficient (Wildman–Crippen LogP) is 2.61. The first kappa shape index (κ1) is 8.26. The third kappa shape index (κ3) is 1.21. The van der Waals surface area contributed by atoms with Gasteiger partial charge in [-0.3, -0.25) is 4.98 Å². The molecule has 0 amide bonds. The standard InChI is InChI=1S/C9H6ClFN2/c10-8-5-2-1-3-6(11)9(5)13-4-7(8)12/h1-4H,12H2. The van der Waals surface area contributed by atoms with Gasteiger partial charge in [-0.1, -0.05) is 23.7 Å². The Balaban J connectivity index is 2.94. The van der Waals surface area contributed by atoms with Crippen molar-refractivity contribution in [1.29, 1.82) is 0 Å². The molecule has 0 bridgehead atoms. The quantitative estimate of drug-likeness (QED) is 0.704.